The first-order valence-electron chi connectivity index (χ1n) is 2.74. The zero-order valence-electron chi connectivity index (χ0n) is 6.22. The van der Waals surface area contributed by atoms with Gasteiger partial charge in [-0.05, 0) is 20.8 Å². The third-order valence-corrected chi connectivity index (χ3v) is 1.30. The van der Waals surface area contributed by atoms with Crippen LogP contribution in [0, 0.1) is 0 Å². The van der Waals surface area contributed by atoms with Crippen LogP contribution in [0.4, 0.5) is 0 Å². The second-order valence-electron chi connectivity index (χ2n) is 2.72. The first-order chi connectivity index (χ1) is 3.98. The van der Waals surface area contributed by atoms with Crippen LogP contribution in [-0.2, 0) is 0 Å². The Hall–Kier alpha value is -0.310. The van der Waals surface area contributed by atoms with Crippen LogP contribution in [0.25, 0.3) is 0 Å². The highest BCUT2D eigenvalue weighted by molar-refractivity contribution is 6.13. The van der Waals surface area contributed by atoms with Gasteiger partial charge in [-0.1, -0.05) is 5.22 Å². The molecule has 0 aromatic heterocycles. The Morgan fingerprint density at radius 3 is 1.89 bits per heavy atom. The van der Waals surface area contributed by atoms with Crippen LogP contribution in [0.2, 0.25) is 0 Å². The van der Waals surface area contributed by atoms with E-state index in [-0.39, 0.29) is 5.54 Å². The summed E-state index contributed by atoms with van der Waals surface area (Å²) >= 11 is 5.63. The lowest BCUT2D eigenvalue weighted by Gasteiger charge is -2.23. The van der Waals surface area contributed by atoms with Gasteiger partial charge in [0.05, 0.1) is 12.6 Å². The first kappa shape index (κ1) is 8.69. The molecule has 0 saturated carbocycles. The maximum Gasteiger partial charge on any atom is 0.0689 e. The van der Waals surface area contributed by atoms with Crippen LogP contribution < -0.4 is 0 Å². The lowest BCUT2D eigenvalue weighted by molar-refractivity contribution is 0.256. The predicted octanol–water partition coefficient (Wildman–Crippen LogP) is 2.24. The minimum Gasteiger partial charge on any atom is -0.182 e. The van der Waals surface area contributed by atoms with Gasteiger partial charge in [0.25, 0.3) is 0 Å². The topological polar surface area (TPSA) is 28.0 Å². The molecule has 0 aromatic rings. The molecule has 0 unspecified atom stereocenters. The van der Waals surface area contributed by atoms with Crippen molar-refractivity contribution in [1.29, 1.82) is 0 Å². The highest BCUT2D eigenvalue weighted by atomic mass is 35.5. The highest BCUT2D eigenvalue weighted by Crippen LogP contribution is 2.15. The molecule has 9 heavy (non-hydrogen) atoms. The molecule has 0 aromatic carbocycles. The van der Waals surface area contributed by atoms with Gasteiger partial charge in [0.15, 0.2) is 0 Å². The Kier molecular flexibility index (Phi) is 2.91. The van der Waals surface area contributed by atoms with Crippen molar-refractivity contribution in [2.24, 2.45) is 10.3 Å². The normalized spacial score (nSPS) is 12.6. The Bertz CT molecular complexity index is 105. The standard InChI is InChI=1S/C5H12ClN3/c1-5(2,3)9(6)8-7-4/h1-4H3. The number of hydrogen-bond acceptors (Lipinski definition) is 2. The molecule has 0 radical (unpaired) electrons. The van der Waals surface area contributed by atoms with E-state index in [0.29, 0.717) is 0 Å². The summed E-state index contributed by atoms with van der Waals surface area (Å²) < 4.78 is 1.30. The average molecular weight is 150 g/mol. The monoisotopic (exact) mass is 149 g/mol. The minimum atomic E-state index is -0.152. The number of hydrogen-bond donors (Lipinski definition) is 0. The van der Waals surface area contributed by atoms with Gasteiger partial charge >= 0.3 is 0 Å². The second kappa shape index (κ2) is 3.01. The summed E-state index contributed by atoms with van der Waals surface area (Å²) in [6, 6.07) is 0. The summed E-state index contributed by atoms with van der Waals surface area (Å²) in [5, 5.41) is 7.14. The summed E-state index contributed by atoms with van der Waals surface area (Å²) in [5.41, 5.74) is -0.152. The number of rotatable bonds is 1. The van der Waals surface area contributed by atoms with Crippen LogP contribution in [0.15, 0.2) is 10.3 Å². The lowest BCUT2D eigenvalue weighted by Crippen LogP contribution is -2.29. The molecule has 0 fully saturated rings. The van der Waals surface area contributed by atoms with Gasteiger partial charge in [0.1, 0.15) is 0 Å². The number of halogens is 1. The van der Waals surface area contributed by atoms with Crippen molar-refractivity contribution in [3.63, 3.8) is 0 Å². The molecule has 0 N–H and O–H groups in total. The molecular weight excluding hydrogens is 138 g/mol. The van der Waals surface area contributed by atoms with E-state index in [0.717, 1.165) is 0 Å². The van der Waals surface area contributed by atoms with Crippen molar-refractivity contribution in [1.82, 2.24) is 4.53 Å². The van der Waals surface area contributed by atoms with Gasteiger partial charge in [0.2, 0.25) is 0 Å². The first-order valence-corrected chi connectivity index (χ1v) is 3.08. The van der Waals surface area contributed by atoms with Crippen molar-refractivity contribution < 1.29 is 0 Å². The Labute approximate surface area is 60.8 Å². The van der Waals surface area contributed by atoms with Gasteiger partial charge in [0, 0.05) is 11.8 Å². The summed E-state index contributed by atoms with van der Waals surface area (Å²) in [4.78, 5) is 0. The Balaban J connectivity index is 3.88. The van der Waals surface area contributed by atoms with Gasteiger partial charge in [-0.25, -0.2) is 0 Å². The zero-order chi connectivity index (χ0) is 7.49. The fourth-order valence-electron chi connectivity index (χ4n) is 0.213. The van der Waals surface area contributed by atoms with Gasteiger partial charge in [-0.3, -0.25) is 0 Å². The van der Waals surface area contributed by atoms with E-state index >= 15 is 0 Å². The fraction of sp³-hybridized carbons (Fsp3) is 1.00. The molecule has 0 heterocycles. The summed E-state index contributed by atoms with van der Waals surface area (Å²) in [6.45, 7) is 5.86. The van der Waals surface area contributed by atoms with Crippen molar-refractivity contribution in [3.8, 4) is 0 Å². The average Bonchev–Trinajstić information content (AvgIpc) is 1.64. The molecular formula is C5H12ClN3. The maximum absolute atomic E-state index is 5.63. The van der Waals surface area contributed by atoms with Crippen LogP contribution in [0.3, 0.4) is 0 Å². The summed E-state index contributed by atoms with van der Waals surface area (Å²) in [5.74, 6) is 0. The van der Waals surface area contributed by atoms with Crippen LogP contribution >= 0.6 is 11.8 Å². The largest absolute Gasteiger partial charge is 0.182 e. The van der Waals surface area contributed by atoms with E-state index in [2.05, 4.69) is 10.3 Å². The molecule has 3 nitrogen and oxygen atoms in total. The molecule has 0 aliphatic carbocycles. The van der Waals surface area contributed by atoms with Crippen LogP contribution in [-0.4, -0.2) is 17.1 Å². The predicted molar refractivity (Wildman–Crippen MR) is 38.2 cm³/mol. The van der Waals surface area contributed by atoms with Crippen LogP contribution in [0.1, 0.15) is 20.8 Å². The van der Waals surface area contributed by atoms with Crippen molar-refractivity contribution in [3.05, 3.63) is 0 Å². The van der Waals surface area contributed by atoms with E-state index in [9.17, 15) is 0 Å². The van der Waals surface area contributed by atoms with Crippen molar-refractivity contribution in [2.45, 2.75) is 26.3 Å². The maximum atomic E-state index is 5.63. The molecule has 0 aliphatic heterocycles. The third kappa shape index (κ3) is 3.30. The van der Waals surface area contributed by atoms with Crippen molar-refractivity contribution >= 4 is 11.8 Å². The Morgan fingerprint density at radius 2 is 1.78 bits per heavy atom. The van der Waals surface area contributed by atoms with E-state index < -0.39 is 0 Å². The molecule has 0 saturated heterocycles. The SMILES string of the molecule is CN=NN(Cl)C(C)(C)C. The van der Waals surface area contributed by atoms with Gasteiger partial charge < -0.3 is 0 Å². The molecule has 0 atom stereocenters. The summed E-state index contributed by atoms with van der Waals surface area (Å²) in [7, 11) is 1.58. The minimum absolute atomic E-state index is 0.152. The molecule has 54 valence electrons. The zero-order valence-corrected chi connectivity index (χ0v) is 6.98. The van der Waals surface area contributed by atoms with Gasteiger partial charge in [-0.2, -0.15) is 9.64 Å². The molecule has 0 amide bonds. The third-order valence-electron chi connectivity index (χ3n) is 0.722. The smallest absolute Gasteiger partial charge is 0.0689 e. The van der Waals surface area contributed by atoms with Gasteiger partial charge in [-0.15, -0.1) is 0 Å². The van der Waals surface area contributed by atoms with E-state index in [4.69, 9.17) is 11.8 Å². The second-order valence-corrected chi connectivity index (χ2v) is 3.04. The molecule has 0 spiro atoms. The molecule has 4 heteroatoms. The van der Waals surface area contributed by atoms with E-state index in [1.54, 1.807) is 7.05 Å². The van der Waals surface area contributed by atoms with Crippen molar-refractivity contribution in [2.75, 3.05) is 7.05 Å². The highest BCUT2D eigenvalue weighted by Gasteiger charge is 2.17. The molecule has 0 bridgehead atoms. The Morgan fingerprint density at radius 1 is 1.33 bits per heavy atom. The molecule has 0 aliphatic rings. The van der Waals surface area contributed by atoms with E-state index in [1.165, 1.54) is 4.53 Å². The molecule has 0 rings (SSSR count). The quantitative estimate of drug-likeness (QED) is 0.319. The summed E-state index contributed by atoms with van der Waals surface area (Å²) in [6.07, 6.45) is 0. The van der Waals surface area contributed by atoms with E-state index in [1.807, 2.05) is 20.8 Å². The number of nitrogens with zero attached hydrogens (tertiary/aromatic N) is 3. The lowest BCUT2D eigenvalue weighted by atomic mass is 10.1. The van der Waals surface area contributed by atoms with Crippen LogP contribution in [0.5, 0.6) is 0 Å². The fourth-order valence-corrected chi connectivity index (χ4v) is 0.280.